The predicted octanol–water partition coefficient (Wildman–Crippen LogP) is 3.06. The largest absolute Gasteiger partial charge is 0.353 e. The fourth-order valence-electron chi connectivity index (χ4n) is 2.73. The third-order valence-corrected chi connectivity index (χ3v) is 6.97. The lowest BCUT2D eigenvalue weighted by atomic mass is 9.95. The molecule has 0 heterocycles. The topological polar surface area (TPSA) is 75.3 Å². The van der Waals surface area contributed by atoms with Gasteiger partial charge in [-0.2, -0.15) is 0 Å². The lowest BCUT2D eigenvalue weighted by Crippen LogP contribution is -2.38. The summed E-state index contributed by atoms with van der Waals surface area (Å²) in [7, 11) is -3.65. The monoisotopic (exact) mass is 368 g/mol. The van der Waals surface area contributed by atoms with E-state index in [9.17, 15) is 13.2 Å². The Balaban J connectivity index is 2.89. The first-order valence-corrected chi connectivity index (χ1v) is 10.2. The quantitative estimate of drug-likeness (QED) is 0.777. The van der Waals surface area contributed by atoms with E-state index in [-0.39, 0.29) is 24.9 Å². The van der Waals surface area contributed by atoms with E-state index in [0.717, 1.165) is 27.8 Å². The van der Waals surface area contributed by atoms with E-state index in [1.54, 1.807) is 0 Å². The van der Waals surface area contributed by atoms with Crippen molar-refractivity contribution in [2.24, 2.45) is 5.92 Å². The summed E-state index contributed by atoms with van der Waals surface area (Å²) in [5.74, 6) is 0.193. The molecule has 1 atom stereocenters. The van der Waals surface area contributed by atoms with Gasteiger partial charge in [-0.3, -0.25) is 4.79 Å². The summed E-state index contributed by atoms with van der Waals surface area (Å²) >= 11 is 0. The molecule has 1 aromatic carbocycles. The zero-order chi connectivity index (χ0) is 19.5. The van der Waals surface area contributed by atoms with Gasteiger partial charge in [-0.15, -0.1) is 0 Å². The highest BCUT2D eigenvalue weighted by Gasteiger charge is 2.23. The van der Waals surface area contributed by atoms with Gasteiger partial charge in [-0.1, -0.05) is 13.8 Å². The molecule has 142 valence electrons. The molecule has 0 bridgehead atoms. The van der Waals surface area contributed by atoms with Gasteiger partial charge >= 0.3 is 0 Å². The lowest BCUT2D eigenvalue weighted by molar-refractivity contribution is -0.121. The SMILES string of the molecule is Cc1c(C)c(C)c(S(=O)(=O)NCCC(=O)NC(C)C(C)C)c(C)c1C. The third kappa shape index (κ3) is 5.05. The van der Waals surface area contributed by atoms with E-state index in [4.69, 9.17) is 0 Å². The van der Waals surface area contributed by atoms with Gasteiger partial charge in [0.15, 0.2) is 0 Å². The molecular formula is C19H32N2O3S. The van der Waals surface area contributed by atoms with Crippen molar-refractivity contribution < 1.29 is 13.2 Å². The molecule has 0 spiro atoms. The number of amides is 1. The average Bonchev–Trinajstić information content (AvgIpc) is 2.50. The normalized spacial score (nSPS) is 13.2. The smallest absolute Gasteiger partial charge is 0.241 e. The molecule has 6 heteroatoms. The minimum Gasteiger partial charge on any atom is -0.353 e. The molecule has 1 aromatic rings. The number of sulfonamides is 1. The summed E-state index contributed by atoms with van der Waals surface area (Å²) in [6.45, 7) is 15.6. The Hall–Kier alpha value is -1.40. The van der Waals surface area contributed by atoms with Crippen molar-refractivity contribution in [3.8, 4) is 0 Å². The molecule has 0 aromatic heterocycles. The first-order chi connectivity index (χ1) is 11.4. The standard InChI is InChI=1S/C19H32N2O3S/c1-11(2)17(8)21-18(22)9-10-20-25(23,24)19-15(6)13(4)12(3)14(5)16(19)7/h11,17,20H,9-10H2,1-8H3,(H,21,22). The van der Waals surface area contributed by atoms with Crippen LogP contribution in [-0.4, -0.2) is 26.9 Å². The van der Waals surface area contributed by atoms with Crippen LogP contribution in [0.3, 0.4) is 0 Å². The highest BCUT2D eigenvalue weighted by molar-refractivity contribution is 7.89. The van der Waals surface area contributed by atoms with Gasteiger partial charge in [0.1, 0.15) is 0 Å². The van der Waals surface area contributed by atoms with Crippen LogP contribution < -0.4 is 10.0 Å². The molecule has 0 aliphatic carbocycles. The van der Waals surface area contributed by atoms with Crippen molar-refractivity contribution in [3.05, 3.63) is 27.8 Å². The highest BCUT2D eigenvalue weighted by Crippen LogP contribution is 2.29. The molecule has 2 N–H and O–H groups in total. The van der Waals surface area contributed by atoms with Gasteiger partial charge in [-0.25, -0.2) is 13.1 Å². The van der Waals surface area contributed by atoms with Crippen LogP contribution in [0.1, 0.15) is 55.0 Å². The van der Waals surface area contributed by atoms with Crippen molar-refractivity contribution in [2.75, 3.05) is 6.54 Å². The summed E-state index contributed by atoms with van der Waals surface area (Å²) in [6.07, 6.45) is 0.123. The van der Waals surface area contributed by atoms with E-state index in [0.29, 0.717) is 10.8 Å². The maximum absolute atomic E-state index is 12.8. The van der Waals surface area contributed by atoms with Crippen molar-refractivity contribution in [1.29, 1.82) is 0 Å². The van der Waals surface area contributed by atoms with Crippen molar-refractivity contribution in [3.63, 3.8) is 0 Å². The summed E-state index contributed by atoms with van der Waals surface area (Å²) in [4.78, 5) is 12.3. The van der Waals surface area contributed by atoms with Gasteiger partial charge in [0, 0.05) is 19.0 Å². The minimum absolute atomic E-state index is 0.0657. The van der Waals surface area contributed by atoms with Crippen LogP contribution in [-0.2, 0) is 14.8 Å². The summed E-state index contributed by atoms with van der Waals surface area (Å²) in [6, 6.07) is 0.0657. The van der Waals surface area contributed by atoms with Gasteiger partial charge in [0.2, 0.25) is 15.9 Å². The van der Waals surface area contributed by atoms with E-state index < -0.39 is 10.0 Å². The molecule has 25 heavy (non-hydrogen) atoms. The Bertz CT molecular complexity index is 723. The maximum atomic E-state index is 12.8. The van der Waals surface area contributed by atoms with Gasteiger partial charge in [0.05, 0.1) is 4.90 Å². The zero-order valence-corrected chi connectivity index (χ0v) is 17.5. The first-order valence-electron chi connectivity index (χ1n) is 8.76. The fraction of sp³-hybridized carbons (Fsp3) is 0.632. The third-order valence-electron chi connectivity index (χ3n) is 5.23. The van der Waals surface area contributed by atoms with Gasteiger partial charge in [-0.05, 0) is 75.3 Å². The second kappa shape index (κ2) is 8.32. The molecule has 1 unspecified atom stereocenters. The van der Waals surface area contributed by atoms with E-state index in [1.807, 2.05) is 55.4 Å². The van der Waals surface area contributed by atoms with Crippen molar-refractivity contribution in [1.82, 2.24) is 10.0 Å². The summed E-state index contributed by atoms with van der Waals surface area (Å²) < 4.78 is 28.1. The Labute approximate surface area is 152 Å². The Kier molecular flexibility index (Phi) is 7.20. The number of nitrogens with one attached hydrogen (secondary N) is 2. The molecule has 0 aliphatic rings. The van der Waals surface area contributed by atoms with Crippen molar-refractivity contribution in [2.45, 2.75) is 72.7 Å². The van der Waals surface area contributed by atoms with E-state index >= 15 is 0 Å². The molecule has 0 aliphatic heterocycles. The number of rotatable bonds is 7. The van der Waals surface area contributed by atoms with E-state index in [2.05, 4.69) is 10.0 Å². The van der Waals surface area contributed by atoms with Crippen LogP contribution in [0, 0.1) is 40.5 Å². The summed E-state index contributed by atoms with van der Waals surface area (Å²) in [5.41, 5.74) is 4.65. The molecule has 0 saturated heterocycles. The fourth-order valence-corrected chi connectivity index (χ4v) is 4.36. The minimum atomic E-state index is -3.65. The summed E-state index contributed by atoms with van der Waals surface area (Å²) in [5, 5.41) is 2.88. The lowest BCUT2D eigenvalue weighted by Gasteiger charge is -2.19. The number of hydrogen-bond donors (Lipinski definition) is 2. The molecule has 0 radical (unpaired) electrons. The van der Waals surface area contributed by atoms with Gasteiger partial charge in [0.25, 0.3) is 0 Å². The van der Waals surface area contributed by atoms with Crippen LogP contribution in [0.15, 0.2) is 4.90 Å². The molecule has 0 fully saturated rings. The Morgan fingerprint density at radius 1 is 0.880 bits per heavy atom. The van der Waals surface area contributed by atoms with E-state index in [1.165, 1.54) is 0 Å². The Morgan fingerprint density at radius 2 is 1.32 bits per heavy atom. The predicted molar refractivity (Wildman–Crippen MR) is 102 cm³/mol. The highest BCUT2D eigenvalue weighted by atomic mass is 32.2. The van der Waals surface area contributed by atoms with Crippen LogP contribution in [0.4, 0.5) is 0 Å². The molecule has 0 saturated carbocycles. The molecular weight excluding hydrogens is 336 g/mol. The van der Waals surface area contributed by atoms with Crippen LogP contribution in [0.25, 0.3) is 0 Å². The first kappa shape index (κ1) is 21.6. The molecule has 1 rings (SSSR count). The molecule has 1 amide bonds. The maximum Gasteiger partial charge on any atom is 0.241 e. The molecule has 5 nitrogen and oxygen atoms in total. The zero-order valence-electron chi connectivity index (χ0n) is 16.7. The van der Waals surface area contributed by atoms with Gasteiger partial charge < -0.3 is 5.32 Å². The van der Waals surface area contributed by atoms with Crippen LogP contribution >= 0.6 is 0 Å². The van der Waals surface area contributed by atoms with Crippen LogP contribution in [0.2, 0.25) is 0 Å². The second-order valence-electron chi connectivity index (χ2n) is 7.20. The second-order valence-corrected chi connectivity index (χ2v) is 8.91. The number of benzene rings is 1. The van der Waals surface area contributed by atoms with Crippen LogP contribution in [0.5, 0.6) is 0 Å². The number of carbonyl (C=O) groups is 1. The average molecular weight is 369 g/mol. The Morgan fingerprint density at radius 3 is 1.76 bits per heavy atom. The number of hydrogen-bond acceptors (Lipinski definition) is 3. The number of carbonyl (C=O) groups excluding carboxylic acids is 1. The van der Waals surface area contributed by atoms with Crippen molar-refractivity contribution >= 4 is 15.9 Å².